The zero-order valence-corrected chi connectivity index (χ0v) is 22.9. The Labute approximate surface area is 232 Å². The SMILES string of the molecule is CCCn1cc(OCC2CCOCC2)c(C(=O)Nc2ccc(Oc3ccnc4cc(OC)c(OC)cc34)cn2)n1. The first-order valence-electron chi connectivity index (χ1n) is 13.3. The lowest BCUT2D eigenvalue weighted by Gasteiger charge is -2.21. The molecule has 1 amide bonds. The van der Waals surface area contributed by atoms with Crippen LogP contribution in [0, 0.1) is 5.92 Å². The molecule has 0 aliphatic carbocycles. The van der Waals surface area contributed by atoms with E-state index in [2.05, 4.69) is 27.3 Å². The normalized spacial score (nSPS) is 13.7. The van der Waals surface area contributed by atoms with Crippen molar-refractivity contribution >= 4 is 22.6 Å². The van der Waals surface area contributed by atoms with Gasteiger partial charge in [-0.3, -0.25) is 14.5 Å². The van der Waals surface area contributed by atoms with Gasteiger partial charge in [0.25, 0.3) is 5.91 Å². The van der Waals surface area contributed by atoms with Gasteiger partial charge in [-0.15, -0.1) is 0 Å². The molecule has 4 heterocycles. The van der Waals surface area contributed by atoms with E-state index in [1.165, 1.54) is 0 Å². The van der Waals surface area contributed by atoms with Crippen LogP contribution in [0.3, 0.4) is 0 Å². The molecule has 1 aliphatic rings. The van der Waals surface area contributed by atoms with E-state index in [0.29, 0.717) is 59.2 Å². The van der Waals surface area contributed by atoms with E-state index in [1.807, 2.05) is 6.07 Å². The summed E-state index contributed by atoms with van der Waals surface area (Å²) < 4.78 is 30.1. The van der Waals surface area contributed by atoms with Crippen LogP contribution in [-0.4, -0.2) is 59.7 Å². The minimum atomic E-state index is -0.390. The van der Waals surface area contributed by atoms with Crippen LogP contribution in [0.5, 0.6) is 28.7 Å². The number of aromatic nitrogens is 4. The summed E-state index contributed by atoms with van der Waals surface area (Å²) in [5.41, 5.74) is 0.930. The third-order valence-corrected chi connectivity index (χ3v) is 6.62. The average molecular weight is 548 g/mol. The Hall–Kier alpha value is -4.38. The van der Waals surface area contributed by atoms with E-state index in [0.717, 1.165) is 37.9 Å². The Morgan fingerprint density at radius 3 is 2.58 bits per heavy atom. The monoisotopic (exact) mass is 547 g/mol. The first-order chi connectivity index (χ1) is 19.6. The van der Waals surface area contributed by atoms with Crippen LogP contribution < -0.4 is 24.3 Å². The Morgan fingerprint density at radius 2 is 1.85 bits per heavy atom. The van der Waals surface area contributed by atoms with Crippen molar-refractivity contribution in [2.75, 3.05) is 39.4 Å². The predicted molar refractivity (Wildman–Crippen MR) is 149 cm³/mol. The molecule has 5 rings (SSSR count). The van der Waals surface area contributed by atoms with Crippen LogP contribution in [0.4, 0.5) is 5.82 Å². The average Bonchev–Trinajstić information content (AvgIpc) is 3.40. The van der Waals surface area contributed by atoms with E-state index in [-0.39, 0.29) is 11.6 Å². The number of ether oxygens (including phenoxy) is 5. The summed E-state index contributed by atoms with van der Waals surface area (Å²) in [7, 11) is 3.15. The molecule has 3 aromatic heterocycles. The molecule has 11 nitrogen and oxygen atoms in total. The number of nitrogens with zero attached hydrogens (tertiary/aromatic N) is 4. The molecule has 1 saturated heterocycles. The third kappa shape index (κ3) is 6.26. The molecule has 1 fully saturated rings. The Balaban J connectivity index is 1.28. The maximum absolute atomic E-state index is 13.2. The molecule has 0 spiro atoms. The third-order valence-electron chi connectivity index (χ3n) is 6.62. The van der Waals surface area contributed by atoms with E-state index >= 15 is 0 Å². The molecule has 210 valence electrons. The van der Waals surface area contributed by atoms with Crippen molar-refractivity contribution in [3.8, 4) is 28.7 Å². The fraction of sp³-hybridized carbons (Fsp3) is 0.379. The summed E-state index contributed by atoms with van der Waals surface area (Å²) in [5.74, 6) is 3.07. The van der Waals surface area contributed by atoms with Gasteiger partial charge in [-0.25, -0.2) is 4.98 Å². The van der Waals surface area contributed by atoms with Crippen LogP contribution in [0.1, 0.15) is 36.7 Å². The molecule has 1 N–H and O–H groups in total. The van der Waals surface area contributed by atoms with Gasteiger partial charge in [0.1, 0.15) is 17.3 Å². The number of anilines is 1. The van der Waals surface area contributed by atoms with Gasteiger partial charge in [-0.05, 0) is 49.4 Å². The molecule has 1 aromatic carbocycles. The molecule has 40 heavy (non-hydrogen) atoms. The van der Waals surface area contributed by atoms with Gasteiger partial charge in [0.2, 0.25) is 0 Å². The summed E-state index contributed by atoms with van der Waals surface area (Å²) in [6.07, 6.45) is 7.76. The van der Waals surface area contributed by atoms with Crippen molar-refractivity contribution < 1.29 is 28.5 Å². The fourth-order valence-electron chi connectivity index (χ4n) is 4.48. The lowest BCUT2D eigenvalue weighted by Crippen LogP contribution is -2.22. The number of carbonyl (C=O) groups excluding carboxylic acids is 1. The fourth-order valence-corrected chi connectivity index (χ4v) is 4.48. The summed E-state index contributed by atoms with van der Waals surface area (Å²) in [6.45, 7) is 4.74. The standard InChI is InChI=1S/C29H33N5O6/c1-4-11-34-17-26(39-18-19-8-12-38-13-9-19)28(33-34)29(35)32-27-6-5-20(16-31-27)40-23-7-10-30-22-15-25(37-3)24(36-2)14-21(22)23/h5-7,10,14-17,19H,4,8-9,11-13,18H2,1-3H3,(H,31,32,35). The highest BCUT2D eigenvalue weighted by Gasteiger charge is 2.21. The van der Waals surface area contributed by atoms with E-state index in [4.69, 9.17) is 23.7 Å². The highest BCUT2D eigenvalue weighted by Crippen LogP contribution is 2.36. The van der Waals surface area contributed by atoms with Crippen LogP contribution >= 0.6 is 0 Å². The smallest absolute Gasteiger partial charge is 0.281 e. The number of rotatable bonds is 11. The second kappa shape index (κ2) is 12.6. The molecule has 1 aliphatic heterocycles. The maximum atomic E-state index is 13.2. The number of methoxy groups -OCH3 is 2. The first-order valence-corrected chi connectivity index (χ1v) is 13.3. The van der Waals surface area contributed by atoms with Crippen molar-refractivity contribution in [3.63, 3.8) is 0 Å². The van der Waals surface area contributed by atoms with E-state index in [1.54, 1.807) is 61.8 Å². The molecular formula is C29H33N5O6. The molecule has 11 heteroatoms. The topological polar surface area (TPSA) is 119 Å². The quantitative estimate of drug-likeness (QED) is 0.273. The van der Waals surface area contributed by atoms with E-state index < -0.39 is 0 Å². The van der Waals surface area contributed by atoms with Crippen LogP contribution in [-0.2, 0) is 11.3 Å². The number of amides is 1. The van der Waals surface area contributed by atoms with Gasteiger partial charge < -0.3 is 29.0 Å². The minimum Gasteiger partial charge on any atom is -0.493 e. The van der Waals surface area contributed by atoms with E-state index in [9.17, 15) is 4.79 Å². The zero-order valence-electron chi connectivity index (χ0n) is 22.9. The molecule has 0 unspecified atom stereocenters. The molecule has 0 bridgehead atoms. The largest absolute Gasteiger partial charge is 0.493 e. The maximum Gasteiger partial charge on any atom is 0.281 e. The van der Waals surface area contributed by atoms with Crippen molar-refractivity contribution in [1.29, 1.82) is 0 Å². The Bertz CT molecular complexity index is 1450. The van der Waals surface area contributed by atoms with Crippen molar-refractivity contribution in [3.05, 3.63) is 54.6 Å². The molecule has 0 radical (unpaired) electrons. The number of benzene rings is 1. The lowest BCUT2D eigenvalue weighted by atomic mass is 10.0. The second-order valence-electron chi connectivity index (χ2n) is 9.44. The van der Waals surface area contributed by atoms with Gasteiger partial charge in [0.05, 0.1) is 38.7 Å². The molecule has 0 atom stereocenters. The van der Waals surface area contributed by atoms with Gasteiger partial charge in [-0.1, -0.05) is 6.92 Å². The van der Waals surface area contributed by atoms with Gasteiger partial charge in [-0.2, -0.15) is 5.10 Å². The Kier molecular flexibility index (Phi) is 8.60. The summed E-state index contributed by atoms with van der Waals surface area (Å²) in [5, 5.41) is 8.04. The predicted octanol–water partition coefficient (Wildman–Crippen LogP) is 5.10. The van der Waals surface area contributed by atoms with Gasteiger partial charge in [0, 0.05) is 37.4 Å². The minimum absolute atomic E-state index is 0.232. The number of aryl methyl sites for hydroxylation is 1. The number of hydrogen-bond acceptors (Lipinski definition) is 9. The number of carbonyl (C=O) groups is 1. The lowest BCUT2D eigenvalue weighted by molar-refractivity contribution is 0.0495. The summed E-state index contributed by atoms with van der Waals surface area (Å²) in [6, 6.07) is 8.78. The van der Waals surface area contributed by atoms with Crippen LogP contribution in [0.15, 0.2) is 48.9 Å². The zero-order chi connectivity index (χ0) is 27.9. The Morgan fingerprint density at radius 1 is 1.05 bits per heavy atom. The second-order valence-corrected chi connectivity index (χ2v) is 9.44. The highest BCUT2D eigenvalue weighted by molar-refractivity contribution is 6.04. The number of fused-ring (bicyclic) bond motifs is 1. The van der Waals surface area contributed by atoms with Gasteiger partial charge in [0.15, 0.2) is 22.9 Å². The number of pyridine rings is 2. The summed E-state index contributed by atoms with van der Waals surface area (Å²) >= 11 is 0. The summed E-state index contributed by atoms with van der Waals surface area (Å²) in [4.78, 5) is 21.9. The van der Waals surface area contributed by atoms with Gasteiger partial charge >= 0.3 is 0 Å². The van der Waals surface area contributed by atoms with Crippen molar-refractivity contribution in [2.45, 2.75) is 32.7 Å². The number of nitrogens with one attached hydrogen (secondary N) is 1. The highest BCUT2D eigenvalue weighted by atomic mass is 16.5. The van der Waals surface area contributed by atoms with Crippen LogP contribution in [0.2, 0.25) is 0 Å². The molecule has 4 aromatic rings. The van der Waals surface area contributed by atoms with Crippen molar-refractivity contribution in [1.82, 2.24) is 19.7 Å². The molecular weight excluding hydrogens is 514 g/mol. The number of hydrogen-bond donors (Lipinski definition) is 1. The van der Waals surface area contributed by atoms with Crippen LogP contribution in [0.25, 0.3) is 10.9 Å². The van der Waals surface area contributed by atoms with Crippen molar-refractivity contribution in [2.24, 2.45) is 5.92 Å². The molecule has 0 saturated carbocycles. The first kappa shape index (κ1) is 27.2.